The molecule has 2 atom stereocenters. The highest BCUT2D eigenvalue weighted by Gasteiger charge is 2.44. The topological polar surface area (TPSA) is 65.0 Å². The van der Waals surface area contributed by atoms with E-state index in [2.05, 4.69) is 5.32 Å². The molecule has 13 heteroatoms. The van der Waals surface area contributed by atoms with Crippen molar-refractivity contribution < 1.29 is 41.0 Å². The summed E-state index contributed by atoms with van der Waals surface area (Å²) in [5.41, 5.74) is -4.43. The molecule has 0 bridgehead atoms. The van der Waals surface area contributed by atoms with E-state index in [0.29, 0.717) is 30.0 Å². The third-order valence-corrected chi connectivity index (χ3v) is 6.16. The van der Waals surface area contributed by atoms with Crippen molar-refractivity contribution in [3.8, 4) is 5.75 Å². The summed E-state index contributed by atoms with van der Waals surface area (Å²) in [7, 11) is 5.06. The molecule has 37 heavy (non-hydrogen) atoms. The quantitative estimate of drug-likeness (QED) is 0.481. The maximum atomic E-state index is 13.2. The molecule has 0 radical (unpaired) electrons. The molecule has 1 fully saturated rings. The predicted octanol–water partition coefficient (Wildman–Crippen LogP) is 5.46. The average Bonchev–Trinajstić information content (AvgIpc) is 2.79. The van der Waals surface area contributed by atoms with E-state index in [-0.39, 0.29) is 38.0 Å². The van der Waals surface area contributed by atoms with Gasteiger partial charge in [0.2, 0.25) is 0 Å². The Kier molecular flexibility index (Phi) is 9.37. The number of likely N-dealkylation sites (tertiary alicyclic amines) is 1. The van der Waals surface area contributed by atoms with Crippen molar-refractivity contribution in [1.82, 2.24) is 9.80 Å². The summed E-state index contributed by atoms with van der Waals surface area (Å²) in [6.07, 6.45) is -9.96. The molecule has 0 aliphatic carbocycles. The summed E-state index contributed by atoms with van der Waals surface area (Å²) in [4.78, 5) is 16.0. The molecule has 206 valence electrons. The third-order valence-electron chi connectivity index (χ3n) is 6.16. The fourth-order valence-electron chi connectivity index (χ4n) is 4.35. The summed E-state index contributed by atoms with van der Waals surface area (Å²) in [5.74, 6) is 0.0288. The number of methoxy groups -OCH3 is 1. The first-order valence-corrected chi connectivity index (χ1v) is 11.0. The molecule has 3 rings (SSSR count). The van der Waals surface area contributed by atoms with Crippen molar-refractivity contribution in [1.29, 1.82) is 0 Å². The van der Waals surface area contributed by atoms with E-state index in [9.17, 15) is 36.2 Å². The van der Waals surface area contributed by atoms with Gasteiger partial charge in [-0.25, -0.2) is 4.79 Å². The van der Waals surface area contributed by atoms with Gasteiger partial charge in [-0.05, 0) is 56.4 Å². The van der Waals surface area contributed by atoms with Crippen LogP contribution in [-0.2, 0) is 18.0 Å². The van der Waals surface area contributed by atoms with Gasteiger partial charge in [-0.2, -0.15) is 26.3 Å². The number of nitrogens with one attached hydrogen (secondary N) is 1. The lowest BCUT2D eigenvalue weighted by Gasteiger charge is -2.45. The lowest BCUT2D eigenvalue weighted by molar-refractivity contribution is -0.143. The third kappa shape index (κ3) is 7.20. The molecule has 2 N–H and O–H groups in total. The minimum absolute atomic E-state index is 0. The van der Waals surface area contributed by atoms with Gasteiger partial charge in [-0.15, -0.1) is 12.4 Å². The molecule has 0 saturated carbocycles. The smallest absolute Gasteiger partial charge is 0.416 e. The normalized spacial score (nSPS) is 20.4. The van der Waals surface area contributed by atoms with Crippen LogP contribution < -0.4 is 10.1 Å². The van der Waals surface area contributed by atoms with Crippen molar-refractivity contribution in [2.24, 2.45) is 5.92 Å². The molecule has 1 aliphatic rings. The van der Waals surface area contributed by atoms with Gasteiger partial charge in [0.25, 0.3) is 0 Å². The minimum Gasteiger partial charge on any atom is -0.497 e. The first-order chi connectivity index (χ1) is 16.6. The molecule has 2 amide bonds. The number of halogens is 7. The van der Waals surface area contributed by atoms with E-state index in [1.165, 1.54) is 12.0 Å². The van der Waals surface area contributed by atoms with Gasteiger partial charge >= 0.3 is 18.4 Å². The van der Waals surface area contributed by atoms with Crippen LogP contribution in [0.3, 0.4) is 0 Å². The molecule has 1 saturated heterocycles. The molecule has 1 heterocycles. The molecular formula is C24H28ClF6N3O3. The standard InChI is InChI=1S/C24H27F6N3O3.ClH/c1-32(2)13-18-14-33(8-7-22(18,35)15-5-4-6-20(12-15)36-3)21(34)31-19-10-16(23(25,26)27)9-17(11-19)24(28,29)30;/h4-6,9-12,18,35H,7-8,13-14H2,1-3H3,(H,31,34);1H. The number of alkyl halides is 6. The van der Waals surface area contributed by atoms with Crippen LogP contribution in [0.2, 0.25) is 0 Å². The van der Waals surface area contributed by atoms with E-state index >= 15 is 0 Å². The Labute approximate surface area is 216 Å². The van der Waals surface area contributed by atoms with Gasteiger partial charge in [-0.3, -0.25) is 0 Å². The summed E-state index contributed by atoms with van der Waals surface area (Å²) < 4.78 is 84.3. The number of urea groups is 1. The van der Waals surface area contributed by atoms with E-state index in [4.69, 9.17) is 4.74 Å². The molecule has 0 aromatic heterocycles. The van der Waals surface area contributed by atoms with Gasteiger partial charge in [0.15, 0.2) is 0 Å². The van der Waals surface area contributed by atoms with E-state index < -0.39 is 46.7 Å². The van der Waals surface area contributed by atoms with Crippen LogP contribution in [-0.4, -0.2) is 61.8 Å². The minimum atomic E-state index is -5.03. The maximum Gasteiger partial charge on any atom is 0.416 e. The number of aliphatic hydroxyl groups is 1. The van der Waals surface area contributed by atoms with Crippen LogP contribution in [0.4, 0.5) is 36.8 Å². The van der Waals surface area contributed by atoms with Crippen LogP contribution in [0.25, 0.3) is 0 Å². The Bertz CT molecular complexity index is 1060. The molecule has 0 spiro atoms. The highest BCUT2D eigenvalue weighted by atomic mass is 35.5. The van der Waals surface area contributed by atoms with Crippen molar-refractivity contribution >= 4 is 24.1 Å². The number of carbonyl (C=O) groups is 1. The lowest BCUT2D eigenvalue weighted by Crippen LogP contribution is -2.55. The number of anilines is 1. The number of piperidine rings is 1. The van der Waals surface area contributed by atoms with Crippen molar-refractivity contribution in [2.75, 3.05) is 46.2 Å². The second-order valence-corrected chi connectivity index (χ2v) is 9.04. The number of benzene rings is 2. The van der Waals surface area contributed by atoms with Gasteiger partial charge < -0.3 is 25.0 Å². The van der Waals surface area contributed by atoms with Gasteiger partial charge in [0.05, 0.1) is 23.8 Å². The number of hydrogen-bond donors (Lipinski definition) is 2. The van der Waals surface area contributed by atoms with Crippen LogP contribution in [0.5, 0.6) is 5.75 Å². The number of carbonyl (C=O) groups excluding carboxylic acids is 1. The first kappa shape index (κ1) is 30.5. The fourth-order valence-corrected chi connectivity index (χ4v) is 4.35. The number of rotatable bonds is 5. The Hall–Kier alpha value is -2.70. The number of amides is 2. The second-order valence-electron chi connectivity index (χ2n) is 9.04. The van der Waals surface area contributed by atoms with Crippen molar-refractivity contribution in [2.45, 2.75) is 24.4 Å². The van der Waals surface area contributed by atoms with Crippen LogP contribution in [0.15, 0.2) is 42.5 Å². The van der Waals surface area contributed by atoms with E-state index in [1.54, 1.807) is 38.4 Å². The molecule has 2 unspecified atom stereocenters. The predicted molar refractivity (Wildman–Crippen MR) is 128 cm³/mol. The second kappa shape index (κ2) is 11.4. The summed E-state index contributed by atoms with van der Waals surface area (Å²) >= 11 is 0. The number of ether oxygens (including phenoxy) is 1. The zero-order valence-corrected chi connectivity index (χ0v) is 21.1. The van der Waals surface area contributed by atoms with Gasteiger partial charge in [-0.1, -0.05) is 12.1 Å². The fraction of sp³-hybridized carbons (Fsp3) is 0.458. The average molecular weight is 556 g/mol. The maximum absolute atomic E-state index is 13.2. The Morgan fingerprint density at radius 1 is 1.11 bits per heavy atom. The monoisotopic (exact) mass is 555 g/mol. The van der Waals surface area contributed by atoms with E-state index in [1.807, 2.05) is 4.90 Å². The Morgan fingerprint density at radius 3 is 2.22 bits per heavy atom. The zero-order chi connectivity index (χ0) is 26.9. The highest BCUT2D eigenvalue weighted by molar-refractivity contribution is 5.89. The van der Waals surface area contributed by atoms with Crippen molar-refractivity contribution in [3.05, 3.63) is 59.2 Å². The molecule has 2 aromatic rings. The number of nitrogens with zero attached hydrogens (tertiary/aromatic N) is 2. The van der Waals surface area contributed by atoms with Gasteiger partial charge in [0.1, 0.15) is 5.75 Å². The van der Waals surface area contributed by atoms with E-state index in [0.717, 1.165) is 0 Å². The van der Waals surface area contributed by atoms with Crippen molar-refractivity contribution in [3.63, 3.8) is 0 Å². The zero-order valence-electron chi connectivity index (χ0n) is 20.3. The highest BCUT2D eigenvalue weighted by Crippen LogP contribution is 2.40. The van der Waals surface area contributed by atoms with Gasteiger partial charge in [0, 0.05) is 31.2 Å². The largest absolute Gasteiger partial charge is 0.497 e. The molecular weight excluding hydrogens is 528 g/mol. The van der Waals surface area contributed by atoms with Crippen LogP contribution in [0, 0.1) is 5.92 Å². The molecule has 2 aromatic carbocycles. The van der Waals surface area contributed by atoms with Crippen LogP contribution >= 0.6 is 12.4 Å². The van der Waals surface area contributed by atoms with Crippen LogP contribution in [0.1, 0.15) is 23.1 Å². The lowest BCUT2D eigenvalue weighted by atomic mass is 9.75. The number of hydrogen-bond acceptors (Lipinski definition) is 4. The summed E-state index contributed by atoms with van der Waals surface area (Å²) in [6.45, 7) is 0.399. The first-order valence-electron chi connectivity index (χ1n) is 11.0. The molecule has 6 nitrogen and oxygen atoms in total. The summed E-state index contributed by atoms with van der Waals surface area (Å²) in [6, 6.07) is 6.94. The molecule has 1 aliphatic heterocycles. The Morgan fingerprint density at radius 2 is 1.70 bits per heavy atom. The SMILES string of the molecule is COc1cccc(C2(O)CCN(C(=O)Nc3cc(C(F)(F)F)cc(C(F)(F)F)c3)CC2CN(C)C)c1.Cl. The summed E-state index contributed by atoms with van der Waals surface area (Å²) in [5, 5.41) is 13.8. The Balaban J connectivity index is 0.00000481.